The van der Waals surface area contributed by atoms with Crippen molar-refractivity contribution in [3.63, 3.8) is 0 Å². The summed E-state index contributed by atoms with van der Waals surface area (Å²) >= 11 is 0. The predicted octanol–water partition coefficient (Wildman–Crippen LogP) is 3.40. The van der Waals surface area contributed by atoms with Crippen molar-refractivity contribution >= 4 is 17.5 Å². The minimum atomic E-state index is -0.420. The highest BCUT2D eigenvalue weighted by molar-refractivity contribution is 6.05. The van der Waals surface area contributed by atoms with Gasteiger partial charge in [-0.2, -0.15) is 10.2 Å². The number of hydrogen-bond acceptors (Lipinski definition) is 6. The number of ether oxygens (including phenoxy) is 1. The first-order valence-electron chi connectivity index (χ1n) is 9.29. The van der Waals surface area contributed by atoms with Crippen molar-refractivity contribution < 1.29 is 14.5 Å². The molecule has 0 N–H and O–H groups in total. The molecule has 0 fully saturated rings. The van der Waals surface area contributed by atoms with Crippen LogP contribution in [0.3, 0.4) is 0 Å². The molecule has 1 aromatic carbocycles. The number of hydrogen-bond donors (Lipinski definition) is 0. The zero-order valence-corrected chi connectivity index (χ0v) is 17.5. The molecular weight excluding hydrogens is 386 g/mol. The summed E-state index contributed by atoms with van der Waals surface area (Å²) in [5.74, 6) is 0.487. The fourth-order valence-electron chi connectivity index (χ4n) is 3.39. The molecule has 2 heterocycles. The zero-order chi connectivity index (χ0) is 22.0. The minimum absolute atomic E-state index is 0.0158. The van der Waals surface area contributed by atoms with Gasteiger partial charge in [0.15, 0.2) is 0 Å². The number of nitro groups is 1. The van der Waals surface area contributed by atoms with E-state index >= 15 is 0 Å². The highest BCUT2D eigenvalue weighted by Gasteiger charge is 2.22. The van der Waals surface area contributed by atoms with Crippen molar-refractivity contribution in [1.29, 1.82) is 0 Å². The van der Waals surface area contributed by atoms with Crippen LogP contribution in [0, 0.1) is 30.9 Å². The van der Waals surface area contributed by atoms with Gasteiger partial charge in [0, 0.05) is 12.6 Å². The van der Waals surface area contributed by atoms with E-state index in [2.05, 4.69) is 10.2 Å². The van der Waals surface area contributed by atoms with E-state index in [1.165, 1.54) is 6.08 Å². The lowest BCUT2D eigenvalue weighted by molar-refractivity contribution is -0.386. The van der Waals surface area contributed by atoms with Crippen LogP contribution in [-0.4, -0.2) is 37.4 Å². The summed E-state index contributed by atoms with van der Waals surface area (Å²) < 4.78 is 8.57. The molecule has 0 saturated heterocycles. The standard InChI is InChI=1S/C21H23N5O4/c1-13-10-18(24(4)22-13)19(27)8-6-16-7-9-20(30-5)17(11-16)12-25-15(3)21(26(28)29)14(2)23-25/h6-11H,12H2,1-5H3/b8-6+. The molecule has 3 aromatic rings. The van der Waals surface area contributed by atoms with Crippen molar-refractivity contribution in [2.24, 2.45) is 7.05 Å². The first-order valence-corrected chi connectivity index (χ1v) is 9.29. The second kappa shape index (κ2) is 8.32. The van der Waals surface area contributed by atoms with Crippen LogP contribution in [0.25, 0.3) is 6.08 Å². The van der Waals surface area contributed by atoms with Crippen molar-refractivity contribution in [3.8, 4) is 5.75 Å². The monoisotopic (exact) mass is 409 g/mol. The van der Waals surface area contributed by atoms with E-state index in [0.29, 0.717) is 29.4 Å². The second-order valence-electron chi connectivity index (χ2n) is 7.00. The Morgan fingerprint density at radius 3 is 2.53 bits per heavy atom. The van der Waals surface area contributed by atoms with E-state index < -0.39 is 4.92 Å². The molecule has 2 aromatic heterocycles. The maximum atomic E-state index is 12.4. The predicted molar refractivity (Wildman–Crippen MR) is 112 cm³/mol. The third-order valence-corrected chi connectivity index (χ3v) is 4.83. The molecule has 30 heavy (non-hydrogen) atoms. The van der Waals surface area contributed by atoms with Gasteiger partial charge in [0.2, 0.25) is 5.78 Å². The molecule has 0 aliphatic heterocycles. The summed E-state index contributed by atoms with van der Waals surface area (Å²) in [6.45, 7) is 5.42. The number of nitrogens with zero attached hydrogens (tertiary/aromatic N) is 5. The smallest absolute Gasteiger partial charge is 0.312 e. The fraction of sp³-hybridized carbons (Fsp3) is 0.286. The average molecular weight is 409 g/mol. The lowest BCUT2D eigenvalue weighted by Gasteiger charge is -2.10. The zero-order valence-electron chi connectivity index (χ0n) is 17.5. The van der Waals surface area contributed by atoms with Crippen LogP contribution >= 0.6 is 0 Å². The molecule has 3 rings (SSSR count). The van der Waals surface area contributed by atoms with E-state index in [0.717, 1.165) is 16.8 Å². The Balaban J connectivity index is 1.89. The van der Waals surface area contributed by atoms with Gasteiger partial charge in [-0.25, -0.2) is 0 Å². The van der Waals surface area contributed by atoms with E-state index in [1.54, 1.807) is 55.6 Å². The molecular formula is C21H23N5O4. The molecule has 0 spiro atoms. The third kappa shape index (κ3) is 4.14. The molecule has 0 bridgehead atoms. The van der Waals surface area contributed by atoms with E-state index in [1.807, 2.05) is 19.1 Å². The van der Waals surface area contributed by atoms with Crippen molar-refractivity contribution in [2.75, 3.05) is 7.11 Å². The lowest BCUT2D eigenvalue weighted by Crippen LogP contribution is -2.06. The summed E-state index contributed by atoms with van der Waals surface area (Å²) in [6, 6.07) is 7.25. The number of carbonyl (C=O) groups excluding carboxylic acids is 1. The number of aromatic nitrogens is 4. The SMILES string of the molecule is COc1ccc(/C=C/C(=O)c2cc(C)nn2C)cc1Cn1nc(C)c([N+](=O)[O-])c1C. The van der Waals surface area contributed by atoms with Crippen LogP contribution in [0.4, 0.5) is 5.69 Å². The number of ketones is 1. The summed E-state index contributed by atoms with van der Waals surface area (Å²) in [5.41, 5.74) is 3.74. The van der Waals surface area contributed by atoms with Crippen molar-refractivity contribution in [1.82, 2.24) is 19.6 Å². The number of benzene rings is 1. The largest absolute Gasteiger partial charge is 0.496 e. The second-order valence-corrected chi connectivity index (χ2v) is 7.00. The number of rotatable bonds is 7. The lowest BCUT2D eigenvalue weighted by atomic mass is 10.1. The third-order valence-electron chi connectivity index (χ3n) is 4.83. The van der Waals surface area contributed by atoms with Gasteiger partial charge in [-0.15, -0.1) is 0 Å². The maximum Gasteiger partial charge on any atom is 0.312 e. The topological polar surface area (TPSA) is 105 Å². The molecule has 0 aliphatic rings. The molecule has 156 valence electrons. The average Bonchev–Trinajstić information content (AvgIpc) is 3.17. The summed E-state index contributed by atoms with van der Waals surface area (Å²) in [7, 11) is 3.29. The highest BCUT2D eigenvalue weighted by atomic mass is 16.6. The minimum Gasteiger partial charge on any atom is -0.496 e. The van der Waals surface area contributed by atoms with Gasteiger partial charge in [0.1, 0.15) is 22.8 Å². The van der Waals surface area contributed by atoms with Crippen molar-refractivity contribution in [2.45, 2.75) is 27.3 Å². The molecule has 0 aliphatic carbocycles. The molecule has 9 nitrogen and oxygen atoms in total. The van der Waals surface area contributed by atoms with Gasteiger partial charge in [0.25, 0.3) is 0 Å². The van der Waals surface area contributed by atoms with Crippen LogP contribution in [0.15, 0.2) is 30.3 Å². The van der Waals surface area contributed by atoms with Gasteiger partial charge < -0.3 is 4.74 Å². The Kier molecular flexibility index (Phi) is 5.81. The molecule has 0 unspecified atom stereocenters. The molecule has 9 heteroatoms. The van der Waals surface area contributed by atoms with Crippen LogP contribution < -0.4 is 4.74 Å². The normalized spacial score (nSPS) is 11.2. The van der Waals surface area contributed by atoms with Crippen molar-refractivity contribution in [3.05, 3.63) is 74.4 Å². The fourth-order valence-corrected chi connectivity index (χ4v) is 3.39. The van der Waals surface area contributed by atoms with Crippen LogP contribution in [0.5, 0.6) is 5.75 Å². The quantitative estimate of drug-likeness (QED) is 0.256. The van der Waals surface area contributed by atoms with E-state index in [4.69, 9.17) is 4.74 Å². The van der Waals surface area contributed by atoms with E-state index in [9.17, 15) is 14.9 Å². The molecule has 0 amide bonds. The number of methoxy groups -OCH3 is 1. The number of allylic oxidation sites excluding steroid dienone is 1. The maximum absolute atomic E-state index is 12.4. The van der Waals surface area contributed by atoms with Gasteiger partial charge in [0.05, 0.1) is 24.3 Å². The summed E-state index contributed by atoms with van der Waals surface area (Å²) in [6.07, 6.45) is 3.22. The first kappa shape index (κ1) is 21.0. The Hall–Kier alpha value is -3.75. The highest BCUT2D eigenvalue weighted by Crippen LogP contribution is 2.26. The Morgan fingerprint density at radius 2 is 1.97 bits per heavy atom. The van der Waals surface area contributed by atoms with E-state index in [-0.39, 0.29) is 11.5 Å². The number of aryl methyl sites for hydroxylation is 3. The first-order chi connectivity index (χ1) is 14.2. The van der Waals surface area contributed by atoms with Gasteiger partial charge in [-0.05, 0) is 50.6 Å². The van der Waals surface area contributed by atoms with Crippen LogP contribution in [-0.2, 0) is 13.6 Å². The van der Waals surface area contributed by atoms with Crippen LogP contribution in [0.2, 0.25) is 0 Å². The molecule has 0 radical (unpaired) electrons. The summed E-state index contributed by atoms with van der Waals surface area (Å²) in [4.78, 5) is 23.3. The van der Waals surface area contributed by atoms with Gasteiger partial charge in [-0.3, -0.25) is 24.3 Å². The molecule has 0 atom stereocenters. The number of carbonyl (C=O) groups is 1. The summed E-state index contributed by atoms with van der Waals surface area (Å²) in [5, 5.41) is 19.7. The van der Waals surface area contributed by atoms with Gasteiger partial charge in [-0.1, -0.05) is 12.1 Å². The molecule has 0 saturated carbocycles. The Morgan fingerprint density at radius 1 is 1.23 bits per heavy atom. The Bertz CT molecular complexity index is 1160. The van der Waals surface area contributed by atoms with Crippen LogP contribution in [0.1, 0.15) is 38.7 Å². The Labute approximate surface area is 173 Å². The van der Waals surface area contributed by atoms with Gasteiger partial charge >= 0.3 is 5.69 Å².